The van der Waals surface area contributed by atoms with Crippen LogP contribution in [0.1, 0.15) is 0 Å². The summed E-state index contributed by atoms with van der Waals surface area (Å²) in [6.45, 7) is 0. The minimum Gasteiger partial charge on any atom is -0.508 e. The van der Waals surface area contributed by atoms with Crippen LogP contribution < -0.4 is 0 Å². The van der Waals surface area contributed by atoms with Gasteiger partial charge in [0.15, 0.2) is 0 Å². The van der Waals surface area contributed by atoms with Crippen LogP contribution in [0.15, 0.2) is 36.4 Å². The fourth-order valence-electron chi connectivity index (χ4n) is 1.45. The van der Waals surface area contributed by atoms with E-state index in [9.17, 15) is 14.6 Å². The maximum Gasteiger partial charge on any atom is 0.149 e. The first-order valence-corrected chi connectivity index (χ1v) is 4.94. The Morgan fingerprint density at radius 3 is 2.50 bits per heavy atom. The Morgan fingerprint density at radius 1 is 1.00 bits per heavy atom. The van der Waals surface area contributed by atoms with E-state index < -0.39 is 5.82 Å². The van der Waals surface area contributed by atoms with Gasteiger partial charge in [-0.15, -0.1) is 0 Å². The SMILES string of the molecule is Oc1ccc(O)c(-c2cccc(Cl)c2F)c1. The molecule has 4 heteroatoms. The Morgan fingerprint density at radius 2 is 1.75 bits per heavy atom. The zero-order valence-corrected chi connectivity index (χ0v) is 8.87. The Bertz CT molecular complexity index is 541. The van der Waals surface area contributed by atoms with Crippen LogP contribution in [-0.2, 0) is 0 Å². The topological polar surface area (TPSA) is 40.5 Å². The number of phenolic OH excluding ortho intramolecular Hbond substituents is 2. The standard InChI is InChI=1S/C12H8ClFO2/c13-10-3-1-2-8(12(10)14)9-6-7(15)4-5-11(9)16/h1-6,15-16H. The molecule has 0 saturated carbocycles. The molecule has 0 aliphatic carbocycles. The fraction of sp³-hybridized carbons (Fsp3) is 0. The largest absolute Gasteiger partial charge is 0.508 e. The van der Waals surface area contributed by atoms with Gasteiger partial charge >= 0.3 is 0 Å². The molecule has 0 atom stereocenters. The number of rotatable bonds is 1. The van der Waals surface area contributed by atoms with Crippen molar-refractivity contribution in [3.63, 3.8) is 0 Å². The lowest BCUT2D eigenvalue weighted by Gasteiger charge is -2.07. The third-order valence-electron chi connectivity index (χ3n) is 2.22. The van der Waals surface area contributed by atoms with Crippen molar-refractivity contribution < 1.29 is 14.6 Å². The minimum absolute atomic E-state index is 0.0276. The van der Waals surface area contributed by atoms with Gasteiger partial charge in [0.1, 0.15) is 17.3 Å². The Kier molecular flexibility index (Phi) is 2.71. The minimum atomic E-state index is -0.620. The molecule has 2 N–H and O–H groups in total. The summed E-state index contributed by atoms with van der Waals surface area (Å²) in [7, 11) is 0. The highest BCUT2D eigenvalue weighted by Gasteiger charge is 2.12. The molecular weight excluding hydrogens is 231 g/mol. The van der Waals surface area contributed by atoms with E-state index in [1.807, 2.05) is 0 Å². The maximum absolute atomic E-state index is 13.7. The molecule has 0 amide bonds. The van der Waals surface area contributed by atoms with E-state index in [-0.39, 0.29) is 27.6 Å². The zero-order chi connectivity index (χ0) is 11.7. The highest BCUT2D eigenvalue weighted by atomic mass is 35.5. The van der Waals surface area contributed by atoms with Crippen molar-refractivity contribution >= 4 is 11.6 Å². The maximum atomic E-state index is 13.7. The number of phenols is 2. The van der Waals surface area contributed by atoms with Crippen molar-refractivity contribution in [2.24, 2.45) is 0 Å². The first-order chi connectivity index (χ1) is 7.59. The van der Waals surface area contributed by atoms with Crippen LogP contribution in [-0.4, -0.2) is 10.2 Å². The van der Waals surface area contributed by atoms with E-state index in [4.69, 9.17) is 11.6 Å². The monoisotopic (exact) mass is 238 g/mol. The molecular formula is C12H8ClFO2. The lowest BCUT2D eigenvalue weighted by Crippen LogP contribution is -1.86. The summed E-state index contributed by atoms with van der Waals surface area (Å²) in [6.07, 6.45) is 0. The summed E-state index contributed by atoms with van der Waals surface area (Å²) in [6, 6.07) is 8.37. The van der Waals surface area contributed by atoms with Crippen molar-refractivity contribution in [2.45, 2.75) is 0 Å². The molecule has 0 bridgehead atoms. The number of hydrogen-bond acceptors (Lipinski definition) is 2. The van der Waals surface area contributed by atoms with Gasteiger partial charge in [-0.2, -0.15) is 0 Å². The molecule has 0 radical (unpaired) electrons. The molecule has 2 aromatic carbocycles. The van der Waals surface area contributed by atoms with Crippen LogP contribution in [0.4, 0.5) is 4.39 Å². The summed E-state index contributed by atoms with van der Waals surface area (Å²) in [5.74, 6) is -0.781. The molecule has 0 aliphatic rings. The summed E-state index contributed by atoms with van der Waals surface area (Å²) < 4.78 is 13.7. The van der Waals surface area contributed by atoms with E-state index in [0.29, 0.717) is 0 Å². The van der Waals surface area contributed by atoms with E-state index >= 15 is 0 Å². The molecule has 2 aromatic rings. The first kappa shape index (κ1) is 10.8. The van der Waals surface area contributed by atoms with Gasteiger partial charge in [0, 0.05) is 11.1 Å². The smallest absolute Gasteiger partial charge is 0.149 e. The third-order valence-corrected chi connectivity index (χ3v) is 2.51. The average Bonchev–Trinajstić information content (AvgIpc) is 2.26. The normalized spacial score (nSPS) is 10.4. The molecule has 82 valence electrons. The number of benzene rings is 2. The molecule has 0 unspecified atom stereocenters. The van der Waals surface area contributed by atoms with Crippen molar-refractivity contribution in [3.05, 3.63) is 47.2 Å². The van der Waals surface area contributed by atoms with E-state index in [1.54, 1.807) is 6.07 Å². The van der Waals surface area contributed by atoms with Gasteiger partial charge in [-0.1, -0.05) is 23.7 Å². The summed E-state index contributed by atoms with van der Waals surface area (Å²) >= 11 is 5.64. The van der Waals surface area contributed by atoms with E-state index in [1.165, 1.54) is 30.3 Å². The number of aromatic hydroxyl groups is 2. The number of halogens is 2. The quantitative estimate of drug-likeness (QED) is 0.746. The lowest BCUT2D eigenvalue weighted by atomic mass is 10.0. The molecule has 0 heterocycles. The molecule has 0 aliphatic heterocycles. The Balaban J connectivity index is 2.67. The highest BCUT2D eigenvalue weighted by Crippen LogP contribution is 2.35. The lowest BCUT2D eigenvalue weighted by molar-refractivity contribution is 0.461. The van der Waals surface area contributed by atoms with Crippen molar-refractivity contribution in [1.29, 1.82) is 0 Å². The van der Waals surface area contributed by atoms with Crippen LogP contribution in [0.25, 0.3) is 11.1 Å². The number of hydrogen-bond donors (Lipinski definition) is 2. The Hall–Kier alpha value is -1.74. The van der Waals surface area contributed by atoms with Gasteiger partial charge in [0.2, 0.25) is 0 Å². The van der Waals surface area contributed by atoms with E-state index in [2.05, 4.69) is 0 Å². The summed E-state index contributed by atoms with van der Waals surface area (Å²) in [5.41, 5.74) is 0.362. The van der Waals surface area contributed by atoms with Crippen LogP contribution >= 0.6 is 11.6 Å². The van der Waals surface area contributed by atoms with E-state index in [0.717, 1.165) is 0 Å². The summed E-state index contributed by atoms with van der Waals surface area (Å²) in [5, 5.41) is 18.8. The molecule has 0 saturated heterocycles. The van der Waals surface area contributed by atoms with Crippen LogP contribution in [0.5, 0.6) is 11.5 Å². The summed E-state index contributed by atoms with van der Waals surface area (Å²) in [4.78, 5) is 0. The second kappa shape index (κ2) is 4.02. The van der Waals surface area contributed by atoms with Crippen LogP contribution in [0.3, 0.4) is 0 Å². The fourth-order valence-corrected chi connectivity index (χ4v) is 1.63. The van der Waals surface area contributed by atoms with Crippen molar-refractivity contribution in [3.8, 4) is 22.6 Å². The van der Waals surface area contributed by atoms with Gasteiger partial charge < -0.3 is 10.2 Å². The van der Waals surface area contributed by atoms with Gasteiger partial charge in [-0.3, -0.25) is 0 Å². The molecule has 0 fully saturated rings. The molecule has 0 aromatic heterocycles. The van der Waals surface area contributed by atoms with Crippen LogP contribution in [0.2, 0.25) is 5.02 Å². The molecule has 2 rings (SSSR count). The van der Waals surface area contributed by atoms with Crippen molar-refractivity contribution in [1.82, 2.24) is 0 Å². The van der Waals surface area contributed by atoms with Gasteiger partial charge in [-0.05, 0) is 24.3 Å². The molecule has 0 spiro atoms. The predicted molar refractivity (Wildman–Crippen MR) is 60.2 cm³/mol. The van der Waals surface area contributed by atoms with Gasteiger partial charge in [-0.25, -0.2) is 4.39 Å². The predicted octanol–water partition coefficient (Wildman–Crippen LogP) is 3.56. The van der Waals surface area contributed by atoms with Crippen LogP contribution in [0, 0.1) is 5.82 Å². The molecule has 16 heavy (non-hydrogen) atoms. The van der Waals surface area contributed by atoms with Gasteiger partial charge in [0.05, 0.1) is 5.02 Å². The zero-order valence-electron chi connectivity index (χ0n) is 8.11. The second-order valence-corrected chi connectivity index (χ2v) is 3.71. The third kappa shape index (κ3) is 1.82. The highest BCUT2D eigenvalue weighted by molar-refractivity contribution is 6.31. The van der Waals surface area contributed by atoms with Gasteiger partial charge in [0.25, 0.3) is 0 Å². The Labute approximate surface area is 96.5 Å². The average molecular weight is 239 g/mol. The second-order valence-electron chi connectivity index (χ2n) is 3.30. The first-order valence-electron chi connectivity index (χ1n) is 4.56. The van der Waals surface area contributed by atoms with Crippen molar-refractivity contribution in [2.75, 3.05) is 0 Å². The molecule has 2 nitrogen and oxygen atoms in total.